The molecule has 0 radical (unpaired) electrons. The molecule has 6 heteroatoms. The largest absolute Gasteiger partial charge is 0.476 e. The van der Waals surface area contributed by atoms with E-state index >= 15 is 0 Å². The number of carboxylic acid groups (broad SMARTS) is 1. The van der Waals surface area contributed by atoms with Crippen LogP contribution in [0.3, 0.4) is 0 Å². The minimum Gasteiger partial charge on any atom is -0.476 e. The van der Waals surface area contributed by atoms with E-state index in [-0.39, 0.29) is 23.7 Å². The summed E-state index contributed by atoms with van der Waals surface area (Å²) in [5.74, 6) is -1.51. The van der Waals surface area contributed by atoms with Gasteiger partial charge < -0.3 is 15.2 Å². The lowest BCUT2D eigenvalue weighted by Crippen LogP contribution is -2.30. The summed E-state index contributed by atoms with van der Waals surface area (Å²) in [6, 6.07) is 3.05. The Morgan fingerprint density at radius 2 is 2.17 bits per heavy atom. The second-order valence-corrected chi connectivity index (χ2v) is 4.39. The SMILES string of the molecule is COC(C)(C)CC(=O)Nc1cccnc1C(=O)O. The second kappa shape index (κ2) is 5.59. The summed E-state index contributed by atoms with van der Waals surface area (Å²) in [6.45, 7) is 3.54. The Labute approximate surface area is 105 Å². The van der Waals surface area contributed by atoms with Crippen LogP contribution < -0.4 is 5.32 Å². The molecule has 1 rings (SSSR count). The number of hydrogen-bond donors (Lipinski definition) is 2. The number of aromatic carboxylic acids is 1. The predicted octanol–water partition coefficient (Wildman–Crippen LogP) is 1.53. The van der Waals surface area contributed by atoms with Crippen LogP contribution in [-0.4, -0.2) is 34.7 Å². The molecule has 98 valence electrons. The lowest BCUT2D eigenvalue weighted by molar-refractivity contribution is -0.121. The fourth-order valence-electron chi connectivity index (χ4n) is 1.33. The molecule has 2 N–H and O–H groups in total. The summed E-state index contributed by atoms with van der Waals surface area (Å²) < 4.78 is 5.13. The van der Waals surface area contributed by atoms with Gasteiger partial charge in [-0.3, -0.25) is 4.79 Å². The Morgan fingerprint density at radius 3 is 2.72 bits per heavy atom. The smallest absolute Gasteiger partial charge is 0.356 e. The van der Waals surface area contributed by atoms with E-state index in [2.05, 4.69) is 10.3 Å². The molecule has 0 saturated carbocycles. The topological polar surface area (TPSA) is 88.5 Å². The zero-order chi connectivity index (χ0) is 13.8. The van der Waals surface area contributed by atoms with Crippen molar-refractivity contribution in [3.8, 4) is 0 Å². The Hall–Kier alpha value is -1.95. The highest BCUT2D eigenvalue weighted by atomic mass is 16.5. The molecule has 1 heterocycles. The van der Waals surface area contributed by atoms with Gasteiger partial charge in [-0.2, -0.15) is 0 Å². The van der Waals surface area contributed by atoms with Crippen molar-refractivity contribution in [1.82, 2.24) is 4.98 Å². The van der Waals surface area contributed by atoms with E-state index in [1.54, 1.807) is 19.9 Å². The van der Waals surface area contributed by atoms with Crippen LogP contribution in [0, 0.1) is 0 Å². The van der Waals surface area contributed by atoms with Crippen molar-refractivity contribution >= 4 is 17.6 Å². The number of carbonyl (C=O) groups is 2. The van der Waals surface area contributed by atoms with Crippen molar-refractivity contribution in [1.29, 1.82) is 0 Å². The number of methoxy groups -OCH3 is 1. The molecule has 0 aliphatic carbocycles. The highest BCUT2D eigenvalue weighted by Crippen LogP contribution is 2.16. The molecule has 0 fully saturated rings. The van der Waals surface area contributed by atoms with Crippen LogP contribution in [0.4, 0.5) is 5.69 Å². The number of amides is 1. The van der Waals surface area contributed by atoms with Crippen molar-refractivity contribution in [2.45, 2.75) is 25.9 Å². The van der Waals surface area contributed by atoms with Gasteiger partial charge >= 0.3 is 5.97 Å². The summed E-state index contributed by atoms with van der Waals surface area (Å²) in [6.07, 6.45) is 1.48. The van der Waals surface area contributed by atoms with Gasteiger partial charge in [-0.05, 0) is 26.0 Å². The van der Waals surface area contributed by atoms with Gasteiger partial charge in [0, 0.05) is 13.3 Å². The van der Waals surface area contributed by atoms with Crippen LogP contribution in [0.15, 0.2) is 18.3 Å². The van der Waals surface area contributed by atoms with Gasteiger partial charge in [-0.1, -0.05) is 0 Å². The van der Waals surface area contributed by atoms with Gasteiger partial charge in [0.05, 0.1) is 17.7 Å². The number of carboxylic acids is 1. The summed E-state index contributed by atoms with van der Waals surface area (Å²) in [5.41, 5.74) is -0.599. The first-order chi connectivity index (χ1) is 8.35. The highest BCUT2D eigenvalue weighted by molar-refractivity contribution is 5.99. The van der Waals surface area contributed by atoms with E-state index in [0.717, 1.165) is 0 Å². The Kier molecular flexibility index (Phi) is 4.38. The fraction of sp³-hybridized carbons (Fsp3) is 0.417. The maximum atomic E-state index is 11.7. The van der Waals surface area contributed by atoms with E-state index in [0.29, 0.717) is 0 Å². The lowest BCUT2D eigenvalue weighted by Gasteiger charge is -2.22. The molecule has 18 heavy (non-hydrogen) atoms. The maximum Gasteiger partial charge on any atom is 0.356 e. The highest BCUT2D eigenvalue weighted by Gasteiger charge is 2.22. The number of hydrogen-bond acceptors (Lipinski definition) is 4. The van der Waals surface area contributed by atoms with Crippen LogP contribution in [-0.2, 0) is 9.53 Å². The number of pyridine rings is 1. The number of ether oxygens (including phenoxy) is 1. The van der Waals surface area contributed by atoms with Crippen LogP contribution in [0.1, 0.15) is 30.8 Å². The first kappa shape index (κ1) is 14.1. The number of anilines is 1. The minimum absolute atomic E-state index is 0.122. The zero-order valence-electron chi connectivity index (χ0n) is 10.6. The van der Waals surface area contributed by atoms with E-state index in [4.69, 9.17) is 9.84 Å². The van der Waals surface area contributed by atoms with Crippen LogP contribution in [0.5, 0.6) is 0 Å². The van der Waals surface area contributed by atoms with Gasteiger partial charge in [-0.25, -0.2) is 9.78 Å². The number of carbonyl (C=O) groups excluding carboxylic acids is 1. The summed E-state index contributed by atoms with van der Waals surface area (Å²) in [4.78, 5) is 26.4. The third-order valence-corrected chi connectivity index (χ3v) is 2.42. The standard InChI is InChI=1S/C12H16N2O4/c1-12(2,18-3)7-9(15)14-8-5-4-6-13-10(8)11(16)17/h4-6H,7H2,1-3H3,(H,14,15)(H,16,17). The molecule has 6 nitrogen and oxygen atoms in total. The van der Waals surface area contributed by atoms with Gasteiger partial charge in [0.15, 0.2) is 5.69 Å². The Balaban J connectivity index is 2.80. The number of nitrogens with zero attached hydrogens (tertiary/aromatic N) is 1. The summed E-state index contributed by atoms with van der Waals surface area (Å²) >= 11 is 0. The molecule has 0 bridgehead atoms. The van der Waals surface area contributed by atoms with E-state index < -0.39 is 11.6 Å². The van der Waals surface area contributed by atoms with Gasteiger partial charge in [0.1, 0.15) is 0 Å². The third-order valence-electron chi connectivity index (χ3n) is 2.42. The van der Waals surface area contributed by atoms with E-state index in [9.17, 15) is 9.59 Å². The lowest BCUT2D eigenvalue weighted by atomic mass is 10.0. The molecule has 0 atom stereocenters. The maximum absolute atomic E-state index is 11.7. The molecule has 0 aliphatic heterocycles. The van der Waals surface area contributed by atoms with Gasteiger partial charge in [0.25, 0.3) is 0 Å². The third kappa shape index (κ3) is 3.81. The average Bonchev–Trinajstić information content (AvgIpc) is 2.28. The normalized spacial score (nSPS) is 11.1. The molecule has 0 aromatic carbocycles. The quantitative estimate of drug-likeness (QED) is 0.829. The Morgan fingerprint density at radius 1 is 1.50 bits per heavy atom. The monoisotopic (exact) mass is 252 g/mol. The molecule has 0 aliphatic rings. The van der Waals surface area contributed by atoms with Crippen LogP contribution in [0.2, 0.25) is 0 Å². The first-order valence-corrected chi connectivity index (χ1v) is 5.39. The zero-order valence-corrected chi connectivity index (χ0v) is 10.6. The van der Waals surface area contributed by atoms with Crippen LogP contribution >= 0.6 is 0 Å². The molecule has 0 saturated heterocycles. The molecular formula is C12H16N2O4. The minimum atomic E-state index is -1.18. The van der Waals surface area contributed by atoms with Crippen molar-refractivity contribution in [3.05, 3.63) is 24.0 Å². The second-order valence-electron chi connectivity index (χ2n) is 4.39. The molecule has 0 unspecified atom stereocenters. The summed E-state index contributed by atoms with van der Waals surface area (Å²) in [7, 11) is 1.51. The van der Waals surface area contributed by atoms with Gasteiger partial charge in [0.2, 0.25) is 5.91 Å². The average molecular weight is 252 g/mol. The van der Waals surface area contributed by atoms with Crippen molar-refractivity contribution in [2.24, 2.45) is 0 Å². The van der Waals surface area contributed by atoms with Gasteiger partial charge in [-0.15, -0.1) is 0 Å². The van der Waals surface area contributed by atoms with Crippen molar-refractivity contribution in [3.63, 3.8) is 0 Å². The predicted molar refractivity (Wildman–Crippen MR) is 65.5 cm³/mol. The number of aromatic nitrogens is 1. The molecule has 1 aromatic heterocycles. The Bertz CT molecular complexity index is 457. The number of rotatable bonds is 5. The summed E-state index contributed by atoms with van der Waals surface area (Å²) in [5, 5.41) is 11.4. The van der Waals surface area contributed by atoms with Crippen LogP contribution in [0.25, 0.3) is 0 Å². The molecule has 1 amide bonds. The first-order valence-electron chi connectivity index (χ1n) is 5.39. The number of nitrogens with one attached hydrogen (secondary N) is 1. The van der Waals surface area contributed by atoms with Crippen molar-refractivity contribution < 1.29 is 19.4 Å². The van der Waals surface area contributed by atoms with E-state index in [1.165, 1.54) is 19.4 Å². The fourth-order valence-corrected chi connectivity index (χ4v) is 1.33. The van der Waals surface area contributed by atoms with E-state index in [1.807, 2.05) is 0 Å². The molecule has 0 spiro atoms. The van der Waals surface area contributed by atoms with Crippen molar-refractivity contribution in [2.75, 3.05) is 12.4 Å². The molecular weight excluding hydrogens is 236 g/mol. The molecule has 1 aromatic rings.